The summed E-state index contributed by atoms with van der Waals surface area (Å²) in [4.78, 5) is 4.17. The molecule has 4 nitrogen and oxygen atoms in total. The second-order valence-electron chi connectivity index (χ2n) is 4.76. The largest absolute Gasteiger partial charge is 0.278 e. The van der Waals surface area contributed by atoms with E-state index < -0.39 is 10.0 Å². The van der Waals surface area contributed by atoms with Gasteiger partial charge in [-0.05, 0) is 55.7 Å². The maximum absolute atomic E-state index is 12.3. The Morgan fingerprint density at radius 3 is 2.20 bits per heavy atom. The average molecular weight is 311 g/mol. The van der Waals surface area contributed by atoms with Crippen LogP contribution in [0.4, 0.5) is 5.69 Å². The van der Waals surface area contributed by atoms with Crippen molar-refractivity contribution in [1.29, 1.82) is 0 Å². The molecule has 0 aliphatic carbocycles. The van der Waals surface area contributed by atoms with Gasteiger partial charge in [-0.15, -0.1) is 0 Å². The molecular formula is C14H15ClN2O2S. The van der Waals surface area contributed by atoms with Crippen molar-refractivity contribution in [2.24, 2.45) is 0 Å². The molecule has 1 N–H and O–H groups in total. The van der Waals surface area contributed by atoms with Crippen LogP contribution in [-0.2, 0) is 10.0 Å². The number of sulfonamides is 1. The van der Waals surface area contributed by atoms with Crippen molar-refractivity contribution in [1.82, 2.24) is 4.98 Å². The van der Waals surface area contributed by atoms with E-state index in [-0.39, 0.29) is 4.90 Å². The van der Waals surface area contributed by atoms with Crippen LogP contribution in [0.1, 0.15) is 16.7 Å². The molecule has 0 spiro atoms. The van der Waals surface area contributed by atoms with E-state index >= 15 is 0 Å². The molecule has 1 heterocycles. The molecule has 2 rings (SSSR count). The fourth-order valence-corrected chi connectivity index (χ4v) is 3.24. The summed E-state index contributed by atoms with van der Waals surface area (Å²) in [6.45, 7) is 5.49. The van der Waals surface area contributed by atoms with Gasteiger partial charge < -0.3 is 0 Å². The van der Waals surface area contributed by atoms with Crippen LogP contribution in [0.5, 0.6) is 0 Å². The van der Waals surface area contributed by atoms with Crippen LogP contribution in [-0.4, -0.2) is 13.4 Å². The van der Waals surface area contributed by atoms with Crippen LogP contribution < -0.4 is 4.72 Å². The number of hydrogen-bond donors (Lipinski definition) is 1. The van der Waals surface area contributed by atoms with E-state index in [1.54, 1.807) is 25.1 Å². The topological polar surface area (TPSA) is 59.1 Å². The Morgan fingerprint density at radius 2 is 1.65 bits per heavy atom. The Kier molecular flexibility index (Phi) is 4.01. The molecular weight excluding hydrogens is 296 g/mol. The minimum absolute atomic E-state index is 0.239. The molecule has 0 atom stereocenters. The molecule has 0 fully saturated rings. The molecule has 0 aliphatic rings. The Balaban J connectivity index is 2.37. The van der Waals surface area contributed by atoms with Crippen LogP contribution in [0.15, 0.2) is 35.4 Å². The molecule has 106 valence electrons. The third kappa shape index (κ3) is 3.29. The van der Waals surface area contributed by atoms with Crippen molar-refractivity contribution < 1.29 is 8.42 Å². The van der Waals surface area contributed by atoms with Gasteiger partial charge in [0.05, 0.1) is 16.8 Å². The lowest BCUT2D eigenvalue weighted by molar-refractivity contribution is 0.601. The molecule has 0 amide bonds. The SMILES string of the molecule is Cc1cc(C)cc(S(=O)(=O)Nc2cnc(Cl)c(C)c2)c1. The zero-order valence-electron chi connectivity index (χ0n) is 11.4. The number of benzene rings is 1. The number of hydrogen-bond acceptors (Lipinski definition) is 3. The molecule has 0 saturated carbocycles. The van der Waals surface area contributed by atoms with Crippen molar-refractivity contribution >= 4 is 27.3 Å². The first-order chi connectivity index (χ1) is 9.28. The predicted molar refractivity (Wildman–Crippen MR) is 80.7 cm³/mol. The highest BCUT2D eigenvalue weighted by Gasteiger charge is 2.15. The summed E-state index contributed by atoms with van der Waals surface area (Å²) in [5, 5.41) is 0.361. The Hall–Kier alpha value is -1.59. The Labute approximate surface area is 123 Å². The van der Waals surface area contributed by atoms with Crippen LogP contribution in [0.2, 0.25) is 5.15 Å². The Bertz CT molecular complexity index is 738. The van der Waals surface area contributed by atoms with Crippen molar-refractivity contribution in [2.75, 3.05) is 4.72 Å². The summed E-state index contributed by atoms with van der Waals surface area (Å²) in [5.41, 5.74) is 2.91. The molecule has 0 unspecified atom stereocenters. The number of aromatic nitrogens is 1. The number of pyridine rings is 1. The molecule has 0 radical (unpaired) electrons. The minimum Gasteiger partial charge on any atom is -0.278 e. The number of rotatable bonds is 3. The molecule has 6 heteroatoms. The highest BCUT2D eigenvalue weighted by molar-refractivity contribution is 7.92. The van der Waals surface area contributed by atoms with Crippen LogP contribution in [0.25, 0.3) is 0 Å². The fourth-order valence-electron chi connectivity index (χ4n) is 1.92. The number of anilines is 1. The van der Waals surface area contributed by atoms with E-state index in [1.165, 1.54) is 6.20 Å². The number of nitrogens with zero attached hydrogens (tertiary/aromatic N) is 1. The lowest BCUT2D eigenvalue weighted by Crippen LogP contribution is -2.13. The molecule has 0 saturated heterocycles. The van der Waals surface area contributed by atoms with Gasteiger partial charge in [0.2, 0.25) is 0 Å². The van der Waals surface area contributed by atoms with Gasteiger partial charge in [-0.25, -0.2) is 13.4 Å². The van der Waals surface area contributed by atoms with Crippen LogP contribution in [0, 0.1) is 20.8 Å². The summed E-state index contributed by atoms with van der Waals surface area (Å²) in [7, 11) is -3.62. The van der Waals surface area contributed by atoms with E-state index in [4.69, 9.17) is 11.6 Å². The third-order valence-corrected chi connectivity index (χ3v) is 4.53. The standard InChI is InChI=1S/C14H15ClN2O2S/c1-9-4-10(2)6-13(5-9)20(18,19)17-12-7-11(3)14(15)16-8-12/h4-8,17H,1-3H3. The summed E-state index contributed by atoms with van der Waals surface area (Å²) in [6.07, 6.45) is 1.40. The van der Waals surface area contributed by atoms with E-state index in [0.717, 1.165) is 11.1 Å². The predicted octanol–water partition coefficient (Wildman–Crippen LogP) is 3.46. The van der Waals surface area contributed by atoms with Gasteiger partial charge in [0.1, 0.15) is 5.15 Å². The molecule has 1 aromatic carbocycles. The fraction of sp³-hybridized carbons (Fsp3) is 0.214. The van der Waals surface area contributed by atoms with Crippen molar-refractivity contribution in [3.05, 3.63) is 52.3 Å². The minimum atomic E-state index is -3.62. The second-order valence-corrected chi connectivity index (χ2v) is 6.80. The molecule has 2 aromatic rings. The van der Waals surface area contributed by atoms with Crippen molar-refractivity contribution in [3.8, 4) is 0 Å². The van der Waals surface area contributed by atoms with E-state index in [9.17, 15) is 8.42 Å². The average Bonchev–Trinajstić information content (AvgIpc) is 2.32. The lowest BCUT2D eigenvalue weighted by Gasteiger charge is -2.10. The Morgan fingerprint density at radius 1 is 1.05 bits per heavy atom. The summed E-state index contributed by atoms with van der Waals surface area (Å²) in [6, 6.07) is 6.83. The van der Waals surface area contributed by atoms with E-state index in [1.807, 2.05) is 19.9 Å². The van der Waals surface area contributed by atoms with Crippen molar-refractivity contribution in [2.45, 2.75) is 25.7 Å². The van der Waals surface area contributed by atoms with Gasteiger partial charge in [-0.3, -0.25) is 4.72 Å². The van der Waals surface area contributed by atoms with Gasteiger partial charge in [-0.2, -0.15) is 0 Å². The zero-order chi connectivity index (χ0) is 14.9. The summed E-state index contributed by atoms with van der Waals surface area (Å²) >= 11 is 5.82. The second kappa shape index (κ2) is 5.42. The van der Waals surface area contributed by atoms with Gasteiger partial charge in [-0.1, -0.05) is 17.7 Å². The summed E-state index contributed by atoms with van der Waals surface area (Å²) in [5.74, 6) is 0. The van der Waals surface area contributed by atoms with Gasteiger partial charge in [0.15, 0.2) is 0 Å². The normalized spacial score (nSPS) is 11.4. The molecule has 20 heavy (non-hydrogen) atoms. The third-order valence-electron chi connectivity index (χ3n) is 2.77. The number of halogens is 1. The first kappa shape index (κ1) is 14.8. The monoisotopic (exact) mass is 310 g/mol. The highest BCUT2D eigenvalue weighted by Crippen LogP contribution is 2.21. The van der Waals surface area contributed by atoms with Crippen LogP contribution >= 0.6 is 11.6 Å². The van der Waals surface area contributed by atoms with Crippen molar-refractivity contribution in [3.63, 3.8) is 0 Å². The zero-order valence-corrected chi connectivity index (χ0v) is 13.0. The number of nitrogens with one attached hydrogen (secondary N) is 1. The summed E-state index contributed by atoms with van der Waals surface area (Å²) < 4.78 is 27.2. The highest BCUT2D eigenvalue weighted by atomic mass is 35.5. The van der Waals surface area contributed by atoms with Gasteiger partial charge >= 0.3 is 0 Å². The van der Waals surface area contributed by atoms with Gasteiger partial charge in [0, 0.05) is 0 Å². The van der Waals surface area contributed by atoms with Gasteiger partial charge in [0.25, 0.3) is 10.0 Å². The van der Waals surface area contributed by atoms with Crippen LogP contribution in [0.3, 0.4) is 0 Å². The first-order valence-electron chi connectivity index (χ1n) is 6.01. The molecule has 0 aliphatic heterocycles. The maximum Gasteiger partial charge on any atom is 0.261 e. The molecule has 0 bridgehead atoms. The van der Waals surface area contributed by atoms with E-state index in [0.29, 0.717) is 16.4 Å². The lowest BCUT2D eigenvalue weighted by atomic mass is 10.2. The quantitative estimate of drug-likeness (QED) is 0.883. The smallest absolute Gasteiger partial charge is 0.261 e. The van der Waals surface area contributed by atoms with E-state index in [2.05, 4.69) is 9.71 Å². The molecule has 1 aromatic heterocycles. The first-order valence-corrected chi connectivity index (χ1v) is 7.87. The number of aryl methyl sites for hydroxylation is 3. The maximum atomic E-state index is 12.3.